The number of aryl methyl sites for hydroxylation is 1. The summed E-state index contributed by atoms with van der Waals surface area (Å²) >= 11 is 2.24. The molecule has 5 rings (SSSR count). The molecular weight excluding hydrogens is 491 g/mol. The molecule has 4 aromatic rings. The van der Waals surface area contributed by atoms with Crippen molar-refractivity contribution in [3.05, 3.63) is 49.3 Å². The van der Waals surface area contributed by atoms with Gasteiger partial charge in [0.15, 0.2) is 0 Å². The van der Waals surface area contributed by atoms with Gasteiger partial charge in [-0.15, -0.1) is 3.69 Å². The molecule has 1 saturated heterocycles. The van der Waals surface area contributed by atoms with Crippen molar-refractivity contribution in [2.45, 2.75) is 0 Å². The number of anilines is 2. The van der Waals surface area contributed by atoms with E-state index in [0.717, 1.165) is 48.8 Å². The number of hydrogen-bond acceptors (Lipinski definition) is 6. The standard InChI is InChI=1S/C19H19N8.HI.Mg/c1-24-13-16(11-22-24)15-3-4-17-18(12-23-27(17)14-15)25-7-9-26(10-8-25)19-20-5-2-6-21-19;;/h3-6,11-14H,7-10H2,1H3;1H;/q;;+1/p-1. The lowest BCUT2D eigenvalue weighted by Gasteiger charge is -2.35. The Hall–Kier alpha value is -1.92. The number of rotatable bonds is 4. The minimum atomic E-state index is -0.225. The maximum atomic E-state index is 4.60. The molecule has 4 aromatic heterocycles. The van der Waals surface area contributed by atoms with Crippen LogP contribution >= 0.6 is 18.9 Å². The first-order valence-electron chi connectivity index (χ1n) is 9.54. The smallest absolute Gasteiger partial charge is 0.365 e. The summed E-state index contributed by atoms with van der Waals surface area (Å²) in [4.78, 5) is 13.8. The lowest BCUT2D eigenvalue weighted by atomic mass is 10.1. The van der Waals surface area contributed by atoms with Gasteiger partial charge in [-0.25, -0.2) is 14.5 Å². The Labute approximate surface area is 188 Å². The zero-order valence-corrected chi connectivity index (χ0v) is 19.7. The molecule has 0 atom stereocenters. The molecule has 10 heteroatoms. The first-order valence-corrected chi connectivity index (χ1v) is 15.4. The Morgan fingerprint density at radius 1 is 0.862 bits per heavy atom. The molecule has 0 saturated carbocycles. The lowest BCUT2D eigenvalue weighted by molar-refractivity contribution is 0.641. The van der Waals surface area contributed by atoms with Crippen molar-refractivity contribution in [3.63, 3.8) is 0 Å². The molecule has 0 aromatic carbocycles. The molecule has 0 aliphatic carbocycles. The summed E-state index contributed by atoms with van der Waals surface area (Å²) < 4.78 is 5.07. The van der Waals surface area contributed by atoms with Crippen molar-refractivity contribution in [1.29, 1.82) is 0 Å². The Balaban J connectivity index is 1.32. The van der Waals surface area contributed by atoms with Crippen molar-refractivity contribution < 1.29 is 0 Å². The van der Waals surface area contributed by atoms with Crippen LogP contribution in [0.4, 0.5) is 11.6 Å². The summed E-state index contributed by atoms with van der Waals surface area (Å²) in [6.45, 7) is 3.67. The van der Waals surface area contributed by atoms with E-state index < -0.39 is 0 Å². The first kappa shape index (κ1) is 19.1. The number of aromatic nitrogens is 6. The van der Waals surface area contributed by atoms with E-state index in [1.54, 1.807) is 0 Å². The summed E-state index contributed by atoms with van der Waals surface area (Å²) in [5.74, 6) is 0.841. The number of fused-ring (bicyclic) bond motifs is 1. The molecule has 1 aliphatic heterocycles. The van der Waals surface area contributed by atoms with E-state index in [-0.39, 0.29) is 16.5 Å². The zero-order chi connectivity index (χ0) is 19.8. The molecule has 0 unspecified atom stereocenters. The monoisotopic (exact) mass is 510 g/mol. The Morgan fingerprint density at radius 3 is 2.31 bits per heavy atom. The molecule has 1 aliphatic rings. The van der Waals surface area contributed by atoms with Crippen molar-refractivity contribution in [3.8, 4) is 11.1 Å². The van der Waals surface area contributed by atoms with Gasteiger partial charge in [-0.2, -0.15) is 10.2 Å². The normalized spacial score (nSPS) is 14.4. The van der Waals surface area contributed by atoms with Gasteiger partial charge >= 0.3 is 16.5 Å². The summed E-state index contributed by atoms with van der Waals surface area (Å²) in [7, 11) is 1.93. The number of pyridine rings is 1. The summed E-state index contributed by atoms with van der Waals surface area (Å²) in [6.07, 6.45) is 11.9. The van der Waals surface area contributed by atoms with Crippen molar-refractivity contribution in [2.75, 3.05) is 36.0 Å². The van der Waals surface area contributed by atoms with Crippen molar-refractivity contribution >= 4 is 56.2 Å². The summed E-state index contributed by atoms with van der Waals surface area (Å²) in [5.41, 5.74) is 4.50. The summed E-state index contributed by atoms with van der Waals surface area (Å²) in [6, 6.07) is 4.28. The predicted octanol–water partition coefficient (Wildman–Crippen LogP) is 1.53. The molecule has 0 spiro atoms. The van der Waals surface area contributed by atoms with Gasteiger partial charge in [0.05, 0.1) is 23.6 Å². The van der Waals surface area contributed by atoms with E-state index in [9.17, 15) is 0 Å². The quantitative estimate of drug-likeness (QED) is 0.307. The minimum absolute atomic E-state index is 0.225. The molecule has 144 valence electrons. The van der Waals surface area contributed by atoms with Gasteiger partial charge in [-0.3, -0.25) is 23.5 Å². The average molecular weight is 511 g/mol. The molecule has 29 heavy (non-hydrogen) atoms. The second-order valence-electron chi connectivity index (χ2n) is 7.18. The van der Waals surface area contributed by atoms with Crippen LogP contribution in [0.5, 0.6) is 0 Å². The second-order valence-corrected chi connectivity index (χ2v) is 10.6. The molecule has 8 nitrogen and oxygen atoms in total. The van der Waals surface area contributed by atoms with E-state index in [4.69, 9.17) is 0 Å². The molecule has 0 N–H and O–H groups in total. The second kappa shape index (κ2) is 8.07. The van der Waals surface area contributed by atoms with Crippen LogP contribution in [0, 0.1) is 0 Å². The van der Waals surface area contributed by atoms with Crippen LogP contribution < -0.4 is 13.5 Å². The van der Waals surface area contributed by atoms with Gasteiger partial charge in [0, 0.05) is 69.1 Å². The zero-order valence-electron chi connectivity index (χ0n) is 16.1. The predicted molar refractivity (Wildman–Crippen MR) is 123 cm³/mol. The van der Waals surface area contributed by atoms with Crippen molar-refractivity contribution in [1.82, 2.24) is 29.4 Å². The largest absolute Gasteiger partial charge is 0.507 e. The summed E-state index contributed by atoms with van der Waals surface area (Å²) in [5, 5.41) is 8.85. The van der Waals surface area contributed by atoms with Gasteiger partial charge in [0.25, 0.3) is 0 Å². The third kappa shape index (κ3) is 3.80. The fourth-order valence-corrected chi connectivity index (χ4v) is 5.19. The molecule has 0 amide bonds. The average Bonchev–Trinajstić information content (AvgIpc) is 3.40. The van der Waals surface area contributed by atoms with Crippen LogP contribution in [-0.2, 0) is 7.05 Å². The fraction of sp³-hybridized carbons (Fsp3) is 0.263. The van der Waals surface area contributed by atoms with Crippen LogP contribution in [0.1, 0.15) is 0 Å². The van der Waals surface area contributed by atoms with Crippen LogP contribution in [0.25, 0.3) is 16.6 Å². The molecule has 1 fully saturated rings. The SMILES string of the molecule is Cn1cc(-c2ccc3c(N4CCN(c5nc[c]([Mg][I])cn5)CC4)cnn3c2)cn1. The highest BCUT2D eigenvalue weighted by atomic mass is 127. The van der Waals surface area contributed by atoms with Gasteiger partial charge in [-0.05, 0) is 6.07 Å². The maximum absolute atomic E-state index is 4.60. The van der Waals surface area contributed by atoms with E-state index in [1.807, 2.05) is 47.2 Å². The lowest BCUT2D eigenvalue weighted by Crippen LogP contribution is -2.47. The van der Waals surface area contributed by atoms with Crippen LogP contribution in [-0.4, -0.2) is 72.0 Å². The number of piperazine rings is 1. The van der Waals surface area contributed by atoms with Gasteiger partial charge < -0.3 is 9.80 Å². The molecular formula is C19H19IMgN8. The third-order valence-corrected chi connectivity index (χ3v) is 8.60. The number of hydrogen-bond donors (Lipinski definition) is 0. The Kier molecular flexibility index (Phi) is 5.31. The minimum Gasteiger partial charge on any atom is -0.365 e. The highest BCUT2D eigenvalue weighted by Gasteiger charge is 2.21. The Morgan fingerprint density at radius 2 is 1.62 bits per heavy atom. The number of nitrogens with zero attached hydrogens (tertiary/aromatic N) is 8. The molecule has 0 bridgehead atoms. The Bertz CT molecular complexity index is 1130. The van der Waals surface area contributed by atoms with E-state index in [0.29, 0.717) is 0 Å². The fourth-order valence-electron chi connectivity index (χ4n) is 3.68. The van der Waals surface area contributed by atoms with E-state index >= 15 is 0 Å². The van der Waals surface area contributed by atoms with Gasteiger partial charge in [-0.1, -0.05) is 6.07 Å². The molecule has 5 heterocycles. The van der Waals surface area contributed by atoms with E-state index in [1.165, 1.54) is 9.38 Å². The molecule has 0 radical (unpaired) electrons. The van der Waals surface area contributed by atoms with Crippen LogP contribution in [0.2, 0.25) is 0 Å². The maximum Gasteiger partial charge on any atom is 0.507 e. The third-order valence-electron chi connectivity index (χ3n) is 5.28. The van der Waals surface area contributed by atoms with Gasteiger partial charge in [0.2, 0.25) is 5.95 Å². The van der Waals surface area contributed by atoms with Crippen LogP contribution in [0.3, 0.4) is 0 Å². The van der Waals surface area contributed by atoms with Crippen LogP contribution in [0.15, 0.2) is 49.3 Å². The van der Waals surface area contributed by atoms with Gasteiger partial charge in [0.1, 0.15) is 0 Å². The number of halogens is 1. The van der Waals surface area contributed by atoms with Crippen molar-refractivity contribution in [2.24, 2.45) is 7.05 Å². The highest BCUT2D eigenvalue weighted by molar-refractivity contribution is 14.1. The van der Waals surface area contributed by atoms with E-state index in [2.05, 4.69) is 67.1 Å². The highest BCUT2D eigenvalue weighted by Crippen LogP contribution is 2.26. The topological polar surface area (TPSA) is 67.4 Å². The first-order chi connectivity index (χ1) is 14.2.